The molecule has 1 fully saturated rings. The molecule has 1 saturated heterocycles. The van der Waals surface area contributed by atoms with E-state index in [1.807, 2.05) is 17.9 Å². The highest BCUT2D eigenvalue weighted by atomic mass is 35.5. The van der Waals surface area contributed by atoms with Gasteiger partial charge in [-0.15, -0.1) is 0 Å². The molecule has 1 aliphatic rings. The molecule has 26 heavy (non-hydrogen) atoms. The lowest BCUT2D eigenvalue weighted by atomic mass is 10.0. The summed E-state index contributed by atoms with van der Waals surface area (Å²) < 4.78 is 0. The highest BCUT2D eigenvalue weighted by Crippen LogP contribution is 2.22. The van der Waals surface area contributed by atoms with Crippen LogP contribution in [0.1, 0.15) is 52.6 Å². The molecule has 1 atom stereocenters. The van der Waals surface area contributed by atoms with E-state index in [4.69, 9.17) is 11.6 Å². The lowest BCUT2D eigenvalue weighted by Gasteiger charge is -2.33. The molecule has 1 unspecified atom stereocenters. The average molecular weight is 372 g/mol. The van der Waals surface area contributed by atoms with Gasteiger partial charge >= 0.3 is 0 Å². The number of anilines is 1. The zero-order valence-corrected chi connectivity index (χ0v) is 15.7. The first-order valence-corrected chi connectivity index (χ1v) is 9.18. The molecule has 0 radical (unpaired) electrons. The molecule has 1 aromatic heterocycles. The molecule has 136 valence electrons. The van der Waals surface area contributed by atoms with E-state index in [0.29, 0.717) is 16.3 Å². The third-order valence-corrected chi connectivity index (χ3v) is 4.98. The second-order valence-corrected chi connectivity index (χ2v) is 7.12. The third kappa shape index (κ3) is 4.05. The number of piperidine rings is 1. The van der Waals surface area contributed by atoms with Crippen LogP contribution in [0.2, 0.25) is 5.02 Å². The first-order chi connectivity index (χ1) is 12.5. The molecule has 1 aromatic carbocycles. The quantitative estimate of drug-likeness (QED) is 0.874. The van der Waals surface area contributed by atoms with Crippen LogP contribution in [-0.4, -0.2) is 34.3 Å². The summed E-state index contributed by atoms with van der Waals surface area (Å²) in [6.07, 6.45) is 4.76. The lowest BCUT2D eigenvalue weighted by Crippen LogP contribution is -2.42. The van der Waals surface area contributed by atoms with Crippen LogP contribution in [0.4, 0.5) is 5.69 Å². The summed E-state index contributed by atoms with van der Waals surface area (Å²) in [6.45, 7) is 4.77. The van der Waals surface area contributed by atoms with Crippen LogP contribution >= 0.6 is 11.6 Å². The summed E-state index contributed by atoms with van der Waals surface area (Å²) >= 11 is 5.90. The van der Waals surface area contributed by atoms with E-state index in [1.54, 1.807) is 18.2 Å². The van der Waals surface area contributed by atoms with Crippen molar-refractivity contribution in [2.75, 3.05) is 11.9 Å². The molecular formula is C20H22ClN3O2. The number of pyridine rings is 1. The van der Waals surface area contributed by atoms with Gasteiger partial charge in [-0.05, 0) is 69.0 Å². The van der Waals surface area contributed by atoms with Crippen molar-refractivity contribution < 1.29 is 9.59 Å². The van der Waals surface area contributed by atoms with Crippen molar-refractivity contribution >= 4 is 29.1 Å². The molecule has 3 rings (SSSR count). The number of hydrogen-bond donors (Lipinski definition) is 1. The van der Waals surface area contributed by atoms with E-state index >= 15 is 0 Å². The topological polar surface area (TPSA) is 62.3 Å². The Labute approximate surface area is 158 Å². The fraction of sp³-hybridized carbons (Fsp3) is 0.350. The van der Waals surface area contributed by atoms with Gasteiger partial charge in [0.2, 0.25) is 0 Å². The van der Waals surface area contributed by atoms with E-state index in [9.17, 15) is 9.59 Å². The number of carbonyl (C=O) groups excluding carboxylic acids is 2. The maximum Gasteiger partial charge on any atom is 0.274 e. The number of halogens is 1. The molecule has 2 heterocycles. The number of hydrogen-bond acceptors (Lipinski definition) is 3. The van der Waals surface area contributed by atoms with Gasteiger partial charge in [-0.1, -0.05) is 11.6 Å². The number of benzene rings is 1. The molecule has 0 aliphatic carbocycles. The van der Waals surface area contributed by atoms with E-state index in [-0.39, 0.29) is 23.6 Å². The number of amides is 2. The van der Waals surface area contributed by atoms with E-state index < -0.39 is 0 Å². The van der Waals surface area contributed by atoms with Gasteiger partial charge in [-0.25, -0.2) is 0 Å². The Morgan fingerprint density at radius 1 is 1.23 bits per heavy atom. The number of nitrogens with zero attached hydrogens (tertiary/aromatic N) is 2. The molecule has 2 aromatic rings. The fourth-order valence-electron chi connectivity index (χ4n) is 3.22. The first kappa shape index (κ1) is 18.4. The second kappa shape index (κ2) is 7.87. The van der Waals surface area contributed by atoms with Crippen molar-refractivity contribution in [3.8, 4) is 0 Å². The van der Waals surface area contributed by atoms with Crippen molar-refractivity contribution in [2.45, 2.75) is 39.2 Å². The number of nitrogens with one attached hydrogen (secondary N) is 1. The highest BCUT2D eigenvalue weighted by molar-refractivity contribution is 6.31. The Kier molecular flexibility index (Phi) is 5.57. The summed E-state index contributed by atoms with van der Waals surface area (Å²) in [5.41, 5.74) is 2.38. The predicted molar refractivity (Wildman–Crippen MR) is 103 cm³/mol. The van der Waals surface area contributed by atoms with Gasteiger partial charge in [0.05, 0.1) is 0 Å². The van der Waals surface area contributed by atoms with Gasteiger partial charge in [0.1, 0.15) is 5.69 Å². The summed E-state index contributed by atoms with van der Waals surface area (Å²) in [5.74, 6) is -0.283. The molecule has 6 heteroatoms. The van der Waals surface area contributed by atoms with Gasteiger partial charge in [0.25, 0.3) is 11.8 Å². The van der Waals surface area contributed by atoms with E-state index in [2.05, 4.69) is 17.2 Å². The van der Waals surface area contributed by atoms with Crippen LogP contribution < -0.4 is 5.32 Å². The largest absolute Gasteiger partial charge is 0.336 e. The second-order valence-electron chi connectivity index (χ2n) is 6.69. The minimum atomic E-state index is -0.334. The summed E-state index contributed by atoms with van der Waals surface area (Å²) in [4.78, 5) is 31.0. The van der Waals surface area contributed by atoms with Crippen LogP contribution in [0.25, 0.3) is 0 Å². The molecule has 5 nitrogen and oxygen atoms in total. The predicted octanol–water partition coefficient (Wildman–Crippen LogP) is 4.31. The van der Waals surface area contributed by atoms with Gasteiger partial charge in [0.15, 0.2) is 0 Å². The maximum absolute atomic E-state index is 12.8. The number of rotatable bonds is 3. The minimum Gasteiger partial charge on any atom is -0.336 e. The number of aryl methyl sites for hydroxylation is 1. The molecule has 0 bridgehead atoms. The van der Waals surface area contributed by atoms with Gasteiger partial charge in [0, 0.05) is 35.1 Å². The monoisotopic (exact) mass is 371 g/mol. The zero-order chi connectivity index (χ0) is 18.7. The van der Waals surface area contributed by atoms with Crippen LogP contribution in [0.5, 0.6) is 0 Å². The fourth-order valence-corrected chi connectivity index (χ4v) is 3.38. The van der Waals surface area contributed by atoms with E-state index in [0.717, 1.165) is 24.9 Å². The Bertz CT molecular complexity index is 838. The Hall–Kier alpha value is -2.40. The minimum absolute atomic E-state index is 0.0506. The Morgan fingerprint density at radius 3 is 2.73 bits per heavy atom. The zero-order valence-electron chi connectivity index (χ0n) is 15.0. The summed E-state index contributed by atoms with van der Waals surface area (Å²) in [5, 5.41) is 3.28. The Balaban J connectivity index is 1.75. The smallest absolute Gasteiger partial charge is 0.274 e. The molecule has 1 N–H and O–H groups in total. The van der Waals surface area contributed by atoms with Crippen LogP contribution in [-0.2, 0) is 0 Å². The highest BCUT2D eigenvalue weighted by Gasteiger charge is 2.24. The molecular weight excluding hydrogens is 350 g/mol. The number of likely N-dealkylation sites (tertiary alicyclic amines) is 1. The summed E-state index contributed by atoms with van der Waals surface area (Å²) in [7, 11) is 0. The van der Waals surface area contributed by atoms with Gasteiger partial charge < -0.3 is 10.2 Å². The van der Waals surface area contributed by atoms with Gasteiger partial charge in [-0.3, -0.25) is 14.6 Å². The summed E-state index contributed by atoms with van der Waals surface area (Å²) in [6, 6.07) is 8.75. The van der Waals surface area contributed by atoms with E-state index in [1.165, 1.54) is 18.7 Å². The third-order valence-electron chi connectivity index (χ3n) is 4.74. The molecule has 0 saturated carbocycles. The normalized spacial score (nSPS) is 17.0. The SMILES string of the molecule is Cc1cc(C(=O)N2CCCCC2C)ccc1NC(=O)c1cc(Cl)ccn1. The number of carbonyl (C=O) groups is 2. The van der Waals surface area contributed by atoms with Crippen molar-refractivity contribution in [1.29, 1.82) is 0 Å². The average Bonchev–Trinajstić information content (AvgIpc) is 2.63. The lowest BCUT2D eigenvalue weighted by molar-refractivity contribution is 0.0635. The number of aromatic nitrogens is 1. The molecule has 1 aliphatic heterocycles. The maximum atomic E-state index is 12.8. The molecule has 0 spiro atoms. The van der Waals surface area contributed by atoms with Gasteiger partial charge in [-0.2, -0.15) is 0 Å². The van der Waals surface area contributed by atoms with Crippen molar-refractivity contribution in [1.82, 2.24) is 9.88 Å². The standard InChI is InChI=1S/C20H22ClN3O2/c1-13-11-15(20(26)24-10-4-3-5-14(24)2)6-7-17(13)23-19(25)18-12-16(21)8-9-22-18/h6-9,11-12,14H,3-5,10H2,1-2H3,(H,23,25). The Morgan fingerprint density at radius 2 is 2.04 bits per heavy atom. The van der Waals surface area contributed by atoms with Crippen molar-refractivity contribution in [3.05, 3.63) is 58.4 Å². The van der Waals surface area contributed by atoms with Crippen LogP contribution in [0.15, 0.2) is 36.5 Å². The van der Waals surface area contributed by atoms with Crippen LogP contribution in [0, 0.1) is 6.92 Å². The first-order valence-electron chi connectivity index (χ1n) is 8.80. The van der Waals surface area contributed by atoms with Crippen molar-refractivity contribution in [2.24, 2.45) is 0 Å². The van der Waals surface area contributed by atoms with Crippen molar-refractivity contribution in [3.63, 3.8) is 0 Å². The van der Waals surface area contributed by atoms with Crippen LogP contribution in [0.3, 0.4) is 0 Å². The molecule has 2 amide bonds.